The lowest BCUT2D eigenvalue weighted by Crippen LogP contribution is -2.57. The van der Waals surface area contributed by atoms with E-state index in [1.165, 1.54) is 6.42 Å². The number of aromatic amines is 1. The predicted octanol–water partition coefficient (Wildman–Crippen LogP) is 2.38. The number of amides is 1. The Kier molecular flexibility index (Phi) is 4.26. The van der Waals surface area contributed by atoms with Crippen molar-refractivity contribution < 1.29 is 9.90 Å². The second-order valence-electron chi connectivity index (χ2n) is 7.03. The minimum atomic E-state index is -0.572. The van der Waals surface area contributed by atoms with E-state index in [4.69, 9.17) is 0 Å². The predicted molar refractivity (Wildman–Crippen MR) is 84.6 cm³/mol. The molecule has 22 heavy (non-hydrogen) atoms. The second kappa shape index (κ2) is 6.03. The Bertz CT molecular complexity index is 538. The third-order valence-corrected chi connectivity index (χ3v) is 5.68. The number of aryl methyl sites for hydroxylation is 1. The average Bonchev–Trinajstić information content (AvgIpc) is 2.88. The lowest BCUT2D eigenvalue weighted by Gasteiger charge is -2.50. The molecular weight excluding hydrogens is 278 g/mol. The first-order valence-corrected chi connectivity index (χ1v) is 8.60. The molecule has 122 valence electrons. The van der Waals surface area contributed by atoms with Gasteiger partial charge >= 0.3 is 0 Å². The SMILES string of the molecule is CCCc1[nH]ncc1C(=O)N1CC[C@@](O)(C2CCC2)[C@H](C)C1. The van der Waals surface area contributed by atoms with Crippen LogP contribution in [0.4, 0.5) is 0 Å². The van der Waals surface area contributed by atoms with Crippen molar-refractivity contribution in [1.82, 2.24) is 15.1 Å². The molecule has 1 aromatic rings. The maximum Gasteiger partial charge on any atom is 0.257 e. The maximum absolute atomic E-state index is 12.8. The third-order valence-electron chi connectivity index (χ3n) is 5.68. The second-order valence-corrected chi connectivity index (χ2v) is 7.03. The number of rotatable bonds is 4. The number of aromatic nitrogens is 2. The molecule has 2 N–H and O–H groups in total. The number of carbonyl (C=O) groups is 1. The van der Waals surface area contributed by atoms with Gasteiger partial charge in [0.2, 0.25) is 0 Å². The molecule has 0 bridgehead atoms. The summed E-state index contributed by atoms with van der Waals surface area (Å²) in [4.78, 5) is 14.6. The number of carbonyl (C=O) groups excluding carboxylic acids is 1. The molecule has 2 atom stereocenters. The molecule has 5 nitrogen and oxygen atoms in total. The molecule has 1 saturated heterocycles. The van der Waals surface area contributed by atoms with Gasteiger partial charge in [0, 0.05) is 24.7 Å². The monoisotopic (exact) mass is 305 g/mol. The fourth-order valence-electron chi connectivity index (χ4n) is 3.95. The highest BCUT2D eigenvalue weighted by Gasteiger charge is 2.47. The molecule has 0 aromatic carbocycles. The van der Waals surface area contributed by atoms with E-state index in [1.54, 1.807) is 6.20 Å². The van der Waals surface area contributed by atoms with Crippen molar-refractivity contribution in [2.45, 2.75) is 58.0 Å². The fraction of sp³-hybridized carbons (Fsp3) is 0.765. The Labute approximate surface area is 132 Å². The van der Waals surface area contributed by atoms with E-state index in [-0.39, 0.29) is 11.8 Å². The summed E-state index contributed by atoms with van der Waals surface area (Å²) in [5.74, 6) is 0.626. The number of hydrogen-bond donors (Lipinski definition) is 2. The minimum absolute atomic E-state index is 0.0553. The highest BCUT2D eigenvalue weighted by atomic mass is 16.3. The van der Waals surface area contributed by atoms with Crippen molar-refractivity contribution in [3.05, 3.63) is 17.5 Å². The van der Waals surface area contributed by atoms with Crippen LogP contribution in [0.25, 0.3) is 0 Å². The topological polar surface area (TPSA) is 69.2 Å². The zero-order chi connectivity index (χ0) is 15.7. The summed E-state index contributed by atoms with van der Waals surface area (Å²) in [6.07, 6.45) is 7.68. The van der Waals surface area contributed by atoms with E-state index in [0.717, 1.165) is 31.4 Å². The standard InChI is InChI=1S/C17H27N3O2/c1-3-5-15-14(10-18-19-15)16(21)20-9-8-17(22,12(2)11-20)13-6-4-7-13/h10,12-13,22H,3-9,11H2,1-2H3,(H,18,19)/t12-,17+/m1/s1. The molecule has 1 aromatic heterocycles. The van der Waals surface area contributed by atoms with Gasteiger partial charge in [-0.05, 0) is 31.6 Å². The zero-order valence-electron chi connectivity index (χ0n) is 13.6. The Morgan fingerprint density at radius 1 is 1.55 bits per heavy atom. The van der Waals surface area contributed by atoms with Crippen molar-refractivity contribution >= 4 is 5.91 Å². The highest BCUT2D eigenvalue weighted by molar-refractivity contribution is 5.95. The van der Waals surface area contributed by atoms with Crippen LogP contribution in [-0.4, -0.2) is 44.8 Å². The number of likely N-dealkylation sites (tertiary alicyclic amines) is 1. The maximum atomic E-state index is 12.8. The minimum Gasteiger partial charge on any atom is -0.389 e. The van der Waals surface area contributed by atoms with Crippen LogP contribution < -0.4 is 0 Å². The van der Waals surface area contributed by atoms with Gasteiger partial charge in [0.15, 0.2) is 0 Å². The van der Waals surface area contributed by atoms with Crippen LogP contribution in [0.15, 0.2) is 6.20 Å². The molecule has 2 heterocycles. The number of aliphatic hydroxyl groups is 1. The number of nitrogens with zero attached hydrogens (tertiary/aromatic N) is 2. The molecule has 2 aliphatic rings. The molecule has 0 spiro atoms. The Morgan fingerprint density at radius 3 is 2.91 bits per heavy atom. The Hall–Kier alpha value is -1.36. The van der Waals surface area contributed by atoms with Crippen LogP contribution in [0.1, 0.15) is 62.0 Å². The van der Waals surface area contributed by atoms with Gasteiger partial charge in [0.25, 0.3) is 5.91 Å². The normalized spacial score (nSPS) is 29.4. The van der Waals surface area contributed by atoms with Gasteiger partial charge in [0.05, 0.1) is 17.4 Å². The summed E-state index contributed by atoms with van der Waals surface area (Å²) in [6.45, 7) is 5.46. The summed E-state index contributed by atoms with van der Waals surface area (Å²) < 4.78 is 0. The van der Waals surface area contributed by atoms with Crippen LogP contribution in [0.3, 0.4) is 0 Å². The first kappa shape index (κ1) is 15.5. The van der Waals surface area contributed by atoms with E-state index >= 15 is 0 Å². The van der Waals surface area contributed by atoms with Crippen molar-refractivity contribution in [3.8, 4) is 0 Å². The fourth-order valence-corrected chi connectivity index (χ4v) is 3.95. The van der Waals surface area contributed by atoms with Crippen LogP contribution in [0, 0.1) is 11.8 Å². The number of piperidine rings is 1. The van der Waals surface area contributed by atoms with E-state index < -0.39 is 5.60 Å². The van der Waals surface area contributed by atoms with E-state index in [0.29, 0.717) is 31.0 Å². The molecule has 5 heteroatoms. The average molecular weight is 305 g/mol. The van der Waals surface area contributed by atoms with Crippen LogP contribution in [0.5, 0.6) is 0 Å². The first-order chi connectivity index (χ1) is 10.6. The number of H-pyrrole nitrogens is 1. The molecule has 1 aliphatic carbocycles. The van der Waals surface area contributed by atoms with Crippen LogP contribution in [0.2, 0.25) is 0 Å². The van der Waals surface area contributed by atoms with Gasteiger partial charge in [-0.1, -0.05) is 26.7 Å². The zero-order valence-corrected chi connectivity index (χ0v) is 13.6. The van der Waals surface area contributed by atoms with Gasteiger partial charge in [0.1, 0.15) is 0 Å². The van der Waals surface area contributed by atoms with Gasteiger partial charge < -0.3 is 10.0 Å². The summed E-state index contributed by atoms with van der Waals surface area (Å²) in [5, 5.41) is 17.9. The van der Waals surface area contributed by atoms with E-state index in [2.05, 4.69) is 24.0 Å². The molecule has 3 rings (SSSR count). The van der Waals surface area contributed by atoms with Crippen molar-refractivity contribution in [3.63, 3.8) is 0 Å². The number of hydrogen-bond acceptors (Lipinski definition) is 3. The highest BCUT2D eigenvalue weighted by Crippen LogP contribution is 2.44. The summed E-state index contributed by atoms with van der Waals surface area (Å²) in [7, 11) is 0. The lowest BCUT2D eigenvalue weighted by molar-refractivity contribution is -0.122. The Morgan fingerprint density at radius 2 is 2.32 bits per heavy atom. The third kappa shape index (κ3) is 2.56. The van der Waals surface area contributed by atoms with E-state index in [1.807, 2.05) is 4.90 Å². The quantitative estimate of drug-likeness (QED) is 0.897. The molecule has 1 aliphatic heterocycles. The smallest absolute Gasteiger partial charge is 0.257 e. The van der Waals surface area contributed by atoms with Gasteiger partial charge in [-0.3, -0.25) is 9.89 Å². The first-order valence-electron chi connectivity index (χ1n) is 8.60. The Balaban J connectivity index is 1.69. The van der Waals surface area contributed by atoms with Crippen molar-refractivity contribution in [1.29, 1.82) is 0 Å². The summed E-state index contributed by atoms with van der Waals surface area (Å²) in [6, 6.07) is 0. The molecule has 1 saturated carbocycles. The molecule has 0 radical (unpaired) electrons. The van der Waals surface area contributed by atoms with Crippen LogP contribution >= 0.6 is 0 Å². The van der Waals surface area contributed by atoms with Gasteiger partial charge in [-0.25, -0.2) is 0 Å². The number of nitrogens with one attached hydrogen (secondary N) is 1. The van der Waals surface area contributed by atoms with Crippen molar-refractivity contribution in [2.75, 3.05) is 13.1 Å². The summed E-state index contributed by atoms with van der Waals surface area (Å²) in [5.41, 5.74) is 1.06. The molecule has 1 amide bonds. The molecular formula is C17H27N3O2. The van der Waals surface area contributed by atoms with Gasteiger partial charge in [-0.2, -0.15) is 5.10 Å². The largest absolute Gasteiger partial charge is 0.389 e. The van der Waals surface area contributed by atoms with Crippen LogP contribution in [-0.2, 0) is 6.42 Å². The summed E-state index contributed by atoms with van der Waals surface area (Å²) >= 11 is 0. The molecule has 0 unspecified atom stereocenters. The molecule has 2 fully saturated rings. The van der Waals surface area contributed by atoms with E-state index in [9.17, 15) is 9.90 Å². The van der Waals surface area contributed by atoms with Gasteiger partial charge in [-0.15, -0.1) is 0 Å². The lowest BCUT2D eigenvalue weighted by atomic mass is 9.65. The van der Waals surface area contributed by atoms with Crippen molar-refractivity contribution in [2.24, 2.45) is 11.8 Å².